The van der Waals surface area contributed by atoms with Crippen LogP contribution in [0.25, 0.3) is 10.9 Å². The molecule has 172 valence electrons. The van der Waals surface area contributed by atoms with E-state index in [9.17, 15) is 0 Å². The largest absolute Gasteiger partial charge is 0.494 e. The zero-order chi connectivity index (χ0) is 22.3. The Bertz CT molecular complexity index is 1190. The molecule has 4 aromatic rings. The molecule has 0 saturated heterocycles. The number of rotatable bonds is 9. The van der Waals surface area contributed by atoms with Crippen molar-refractivity contribution in [2.75, 3.05) is 38.1 Å². The van der Waals surface area contributed by atoms with Crippen molar-refractivity contribution in [3.8, 4) is 11.5 Å². The van der Waals surface area contributed by atoms with Gasteiger partial charge in [0.05, 0.1) is 13.7 Å². The fraction of sp³-hybridized carbons (Fsp3) is 0.167. The van der Waals surface area contributed by atoms with Crippen LogP contribution in [0.4, 0.5) is 23.1 Å². The molecule has 9 heteroatoms. The van der Waals surface area contributed by atoms with Crippen LogP contribution in [0.1, 0.15) is 0 Å². The van der Waals surface area contributed by atoms with Gasteiger partial charge in [-0.1, -0.05) is 17.7 Å². The molecule has 2 N–H and O–H groups in total. The molecule has 0 aliphatic rings. The molecule has 0 radical (unpaired) electrons. The molecule has 0 aliphatic heterocycles. The maximum Gasteiger partial charge on any atom is 0.229 e. The maximum atomic E-state index is 6.02. The first kappa shape index (κ1) is 24.4. The second-order valence-corrected chi connectivity index (χ2v) is 7.31. The SMILES string of the molecule is COCCOc1ccc(Nc2nc(Nc3ccc(Cl)cc3)c3cccc(OC)c3n2)cc1.Cl. The highest BCUT2D eigenvalue weighted by atomic mass is 35.5. The minimum Gasteiger partial charge on any atom is -0.494 e. The zero-order valence-electron chi connectivity index (χ0n) is 18.2. The number of methoxy groups -OCH3 is 2. The molecule has 0 aliphatic carbocycles. The van der Waals surface area contributed by atoms with E-state index in [-0.39, 0.29) is 12.4 Å². The average molecular weight is 487 g/mol. The minimum absolute atomic E-state index is 0. The number of hydrogen-bond acceptors (Lipinski definition) is 7. The van der Waals surface area contributed by atoms with Gasteiger partial charge in [0.2, 0.25) is 5.95 Å². The van der Waals surface area contributed by atoms with Crippen molar-refractivity contribution >= 4 is 58.1 Å². The lowest BCUT2D eigenvalue weighted by Crippen LogP contribution is -2.04. The van der Waals surface area contributed by atoms with E-state index in [1.807, 2.05) is 66.7 Å². The van der Waals surface area contributed by atoms with Crippen LogP contribution in [0.3, 0.4) is 0 Å². The molecule has 0 spiro atoms. The van der Waals surface area contributed by atoms with E-state index in [1.54, 1.807) is 14.2 Å². The molecule has 7 nitrogen and oxygen atoms in total. The van der Waals surface area contributed by atoms with E-state index in [0.29, 0.717) is 41.3 Å². The first-order valence-corrected chi connectivity index (χ1v) is 10.4. The first-order valence-electron chi connectivity index (χ1n) is 10.0. The molecule has 0 unspecified atom stereocenters. The number of fused-ring (bicyclic) bond motifs is 1. The van der Waals surface area contributed by atoms with Crippen LogP contribution in [0.15, 0.2) is 66.7 Å². The van der Waals surface area contributed by atoms with Gasteiger partial charge in [0.25, 0.3) is 0 Å². The summed E-state index contributed by atoms with van der Waals surface area (Å²) in [6.07, 6.45) is 0. The van der Waals surface area contributed by atoms with Crippen LogP contribution in [0.2, 0.25) is 5.02 Å². The summed E-state index contributed by atoms with van der Waals surface area (Å²) < 4.78 is 16.1. The highest BCUT2D eigenvalue weighted by molar-refractivity contribution is 6.30. The Labute approximate surface area is 203 Å². The highest BCUT2D eigenvalue weighted by Crippen LogP contribution is 2.32. The van der Waals surface area contributed by atoms with Gasteiger partial charge in [-0.2, -0.15) is 4.98 Å². The van der Waals surface area contributed by atoms with E-state index in [1.165, 1.54) is 0 Å². The second-order valence-electron chi connectivity index (χ2n) is 6.87. The number of halogens is 2. The lowest BCUT2D eigenvalue weighted by Gasteiger charge is -2.14. The van der Waals surface area contributed by atoms with Gasteiger partial charge in [0.1, 0.15) is 29.4 Å². The number of nitrogens with one attached hydrogen (secondary N) is 2. The Hall–Kier alpha value is -3.26. The number of ether oxygens (including phenoxy) is 3. The third-order valence-corrected chi connectivity index (χ3v) is 4.94. The molecule has 0 amide bonds. The monoisotopic (exact) mass is 486 g/mol. The van der Waals surface area contributed by atoms with Crippen molar-refractivity contribution in [1.29, 1.82) is 0 Å². The van der Waals surface area contributed by atoms with Gasteiger partial charge in [-0.25, -0.2) is 4.98 Å². The molecule has 0 atom stereocenters. The van der Waals surface area contributed by atoms with Crippen molar-refractivity contribution in [2.45, 2.75) is 0 Å². The van der Waals surface area contributed by atoms with E-state index < -0.39 is 0 Å². The Balaban J connectivity index is 0.00000306. The Morgan fingerprint density at radius 1 is 0.818 bits per heavy atom. The number of hydrogen-bond donors (Lipinski definition) is 2. The Morgan fingerprint density at radius 2 is 1.52 bits per heavy atom. The average Bonchev–Trinajstić information content (AvgIpc) is 2.81. The topological polar surface area (TPSA) is 77.5 Å². The molecule has 33 heavy (non-hydrogen) atoms. The summed E-state index contributed by atoms with van der Waals surface area (Å²) >= 11 is 6.02. The van der Waals surface area contributed by atoms with Gasteiger partial charge in [-0.05, 0) is 60.7 Å². The van der Waals surface area contributed by atoms with Crippen molar-refractivity contribution in [3.05, 3.63) is 71.8 Å². The van der Waals surface area contributed by atoms with Gasteiger partial charge in [-0.3, -0.25) is 0 Å². The van der Waals surface area contributed by atoms with Crippen molar-refractivity contribution in [3.63, 3.8) is 0 Å². The summed E-state index contributed by atoms with van der Waals surface area (Å²) in [5, 5.41) is 8.12. The Morgan fingerprint density at radius 3 is 2.21 bits per heavy atom. The lowest BCUT2D eigenvalue weighted by molar-refractivity contribution is 0.146. The van der Waals surface area contributed by atoms with Crippen LogP contribution < -0.4 is 20.1 Å². The summed E-state index contributed by atoms with van der Waals surface area (Å²) in [5.74, 6) is 2.51. The van der Waals surface area contributed by atoms with Gasteiger partial charge >= 0.3 is 0 Å². The van der Waals surface area contributed by atoms with Crippen LogP contribution >= 0.6 is 24.0 Å². The predicted octanol–water partition coefficient (Wildman–Crippen LogP) is 6.23. The van der Waals surface area contributed by atoms with Crippen LogP contribution in [-0.2, 0) is 4.74 Å². The van der Waals surface area contributed by atoms with Gasteiger partial charge in [-0.15, -0.1) is 12.4 Å². The van der Waals surface area contributed by atoms with Gasteiger partial charge in [0.15, 0.2) is 0 Å². The fourth-order valence-electron chi connectivity index (χ4n) is 3.12. The van der Waals surface area contributed by atoms with Gasteiger partial charge in [0, 0.05) is 28.9 Å². The first-order chi connectivity index (χ1) is 15.7. The molecule has 0 bridgehead atoms. The smallest absolute Gasteiger partial charge is 0.229 e. The lowest BCUT2D eigenvalue weighted by atomic mass is 10.2. The maximum absolute atomic E-state index is 6.02. The van der Waals surface area contributed by atoms with Crippen molar-refractivity contribution in [1.82, 2.24) is 9.97 Å². The summed E-state index contributed by atoms with van der Waals surface area (Å²) in [6.45, 7) is 1.03. The molecule has 3 aromatic carbocycles. The molecule has 0 fully saturated rings. The number of benzene rings is 3. The predicted molar refractivity (Wildman–Crippen MR) is 135 cm³/mol. The minimum atomic E-state index is 0. The van der Waals surface area contributed by atoms with Crippen molar-refractivity contribution in [2.24, 2.45) is 0 Å². The molecule has 1 aromatic heterocycles. The highest BCUT2D eigenvalue weighted by Gasteiger charge is 2.12. The summed E-state index contributed by atoms with van der Waals surface area (Å²) in [7, 11) is 3.27. The molecular formula is C24H24Cl2N4O3. The number of anilines is 4. The molecule has 1 heterocycles. The molecular weight excluding hydrogens is 463 g/mol. The summed E-state index contributed by atoms with van der Waals surface area (Å²) in [4.78, 5) is 9.39. The summed E-state index contributed by atoms with van der Waals surface area (Å²) in [5.41, 5.74) is 2.39. The number of aromatic nitrogens is 2. The van der Waals surface area contributed by atoms with Gasteiger partial charge < -0.3 is 24.8 Å². The van der Waals surface area contributed by atoms with Crippen LogP contribution in [0, 0.1) is 0 Å². The van der Waals surface area contributed by atoms with E-state index in [4.69, 9.17) is 30.8 Å². The molecule has 0 saturated carbocycles. The van der Waals surface area contributed by atoms with Crippen LogP contribution in [0.5, 0.6) is 11.5 Å². The molecule has 4 rings (SSSR count). The van der Waals surface area contributed by atoms with E-state index in [2.05, 4.69) is 15.6 Å². The zero-order valence-corrected chi connectivity index (χ0v) is 19.7. The third kappa shape index (κ3) is 6.16. The second kappa shape index (κ2) is 11.6. The standard InChI is InChI=1S/C24H23ClN4O3.ClH/c1-30-14-15-32-19-12-10-18(11-13-19)27-24-28-22-20(4-3-5-21(22)31-2)23(29-24)26-17-8-6-16(25)7-9-17;/h3-13H,14-15H2,1-2H3,(H2,26,27,28,29);1H. The number of para-hydroxylation sites is 1. The summed E-state index contributed by atoms with van der Waals surface area (Å²) in [6, 6.07) is 20.7. The van der Waals surface area contributed by atoms with Crippen molar-refractivity contribution < 1.29 is 14.2 Å². The van der Waals surface area contributed by atoms with Crippen LogP contribution in [-0.4, -0.2) is 37.4 Å². The Kier molecular flexibility index (Phi) is 8.54. The quantitative estimate of drug-likeness (QED) is 0.271. The van der Waals surface area contributed by atoms with E-state index in [0.717, 1.165) is 22.5 Å². The number of nitrogens with zero attached hydrogens (tertiary/aromatic N) is 2. The van der Waals surface area contributed by atoms with E-state index >= 15 is 0 Å². The third-order valence-electron chi connectivity index (χ3n) is 4.68. The normalized spacial score (nSPS) is 10.4. The fourth-order valence-corrected chi connectivity index (χ4v) is 3.24.